The van der Waals surface area contributed by atoms with Crippen LogP contribution in [0.5, 0.6) is 0 Å². The normalized spacial score (nSPS) is 12.5. The summed E-state index contributed by atoms with van der Waals surface area (Å²) in [5.41, 5.74) is 3.27. The number of rotatable bonds is 3. The fourth-order valence-electron chi connectivity index (χ4n) is 2.75. The van der Waals surface area contributed by atoms with Gasteiger partial charge in [0.25, 0.3) is 0 Å². The number of hydrogen-bond acceptors (Lipinski definition) is 2. The Hall–Kier alpha value is -2.26. The Labute approximate surface area is 123 Å². The van der Waals surface area contributed by atoms with Crippen molar-refractivity contribution in [1.82, 2.24) is 10.3 Å². The second-order valence-corrected chi connectivity index (χ2v) is 5.12. The van der Waals surface area contributed by atoms with Gasteiger partial charge in [-0.05, 0) is 37.2 Å². The molecule has 0 saturated carbocycles. The SMILES string of the molecule is CNC(c1cccc(C)c1F)c1cccc2ncccc12. The number of aromatic nitrogens is 1. The van der Waals surface area contributed by atoms with E-state index in [1.807, 2.05) is 49.5 Å². The maximum Gasteiger partial charge on any atom is 0.131 e. The van der Waals surface area contributed by atoms with Crippen molar-refractivity contribution in [3.05, 3.63) is 77.2 Å². The molecule has 21 heavy (non-hydrogen) atoms. The summed E-state index contributed by atoms with van der Waals surface area (Å²) in [4.78, 5) is 4.37. The summed E-state index contributed by atoms with van der Waals surface area (Å²) in [6.07, 6.45) is 1.77. The van der Waals surface area contributed by atoms with Crippen molar-refractivity contribution in [3.8, 4) is 0 Å². The molecule has 1 aromatic heterocycles. The molecule has 0 saturated heterocycles. The average molecular weight is 280 g/mol. The molecule has 1 unspecified atom stereocenters. The molecular formula is C18H17FN2. The molecule has 1 heterocycles. The average Bonchev–Trinajstić information content (AvgIpc) is 2.52. The van der Waals surface area contributed by atoms with Gasteiger partial charge in [-0.25, -0.2) is 4.39 Å². The number of aryl methyl sites for hydroxylation is 1. The van der Waals surface area contributed by atoms with E-state index < -0.39 is 0 Å². The van der Waals surface area contributed by atoms with Gasteiger partial charge in [0.2, 0.25) is 0 Å². The van der Waals surface area contributed by atoms with Crippen LogP contribution in [0.15, 0.2) is 54.7 Å². The zero-order valence-electron chi connectivity index (χ0n) is 12.1. The minimum Gasteiger partial charge on any atom is -0.309 e. The first-order valence-corrected chi connectivity index (χ1v) is 6.98. The molecular weight excluding hydrogens is 263 g/mol. The van der Waals surface area contributed by atoms with Crippen molar-refractivity contribution in [3.63, 3.8) is 0 Å². The zero-order valence-corrected chi connectivity index (χ0v) is 12.1. The van der Waals surface area contributed by atoms with E-state index in [-0.39, 0.29) is 11.9 Å². The maximum atomic E-state index is 14.5. The van der Waals surface area contributed by atoms with Gasteiger partial charge in [-0.2, -0.15) is 0 Å². The molecule has 0 fully saturated rings. The minimum atomic E-state index is -0.196. The molecule has 106 valence electrons. The maximum absolute atomic E-state index is 14.5. The Morgan fingerprint density at radius 2 is 1.76 bits per heavy atom. The van der Waals surface area contributed by atoms with Gasteiger partial charge in [0.15, 0.2) is 0 Å². The highest BCUT2D eigenvalue weighted by molar-refractivity contribution is 5.83. The Bertz CT molecular complexity index is 778. The molecule has 1 N–H and O–H groups in total. The van der Waals surface area contributed by atoms with Crippen LogP contribution >= 0.6 is 0 Å². The van der Waals surface area contributed by atoms with Crippen molar-refractivity contribution in [1.29, 1.82) is 0 Å². The third kappa shape index (κ3) is 2.41. The van der Waals surface area contributed by atoms with E-state index in [2.05, 4.69) is 10.3 Å². The summed E-state index contributed by atoms with van der Waals surface area (Å²) in [5, 5.41) is 4.27. The van der Waals surface area contributed by atoms with E-state index in [4.69, 9.17) is 0 Å². The van der Waals surface area contributed by atoms with Gasteiger partial charge < -0.3 is 5.32 Å². The standard InChI is InChI=1S/C18H17FN2/c1-12-6-3-8-15(17(12)19)18(20-2)14-7-4-10-16-13(14)9-5-11-21-16/h3-11,18,20H,1-2H3. The van der Waals surface area contributed by atoms with Gasteiger partial charge in [0.05, 0.1) is 11.6 Å². The lowest BCUT2D eigenvalue weighted by Crippen LogP contribution is -2.19. The van der Waals surface area contributed by atoms with E-state index in [1.165, 1.54) is 0 Å². The molecule has 0 radical (unpaired) electrons. The molecule has 3 rings (SSSR count). The molecule has 0 aliphatic rings. The Kier molecular flexibility index (Phi) is 3.67. The number of benzene rings is 2. The molecule has 0 amide bonds. The predicted octanol–water partition coefficient (Wildman–Crippen LogP) is 3.99. The highest BCUT2D eigenvalue weighted by atomic mass is 19.1. The predicted molar refractivity (Wildman–Crippen MR) is 83.8 cm³/mol. The van der Waals surface area contributed by atoms with Crippen LogP contribution in [-0.4, -0.2) is 12.0 Å². The summed E-state index contributed by atoms with van der Waals surface area (Å²) in [5.74, 6) is -0.155. The largest absolute Gasteiger partial charge is 0.309 e. The van der Waals surface area contributed by atoms with Gasteiger partial charge in [0, 0.05) is 17.1 Å². The number of halogens is 1. The van der Waals surface area contributed by atoms with Crippen molar-refractivity contribution in [2.75, 3.05) is 7.05 Å². The van der Waals surface area contributed by atoms with Crippen LogP contribution in [0, 0.1) is 12.7 Å². The highest BCUT2D eigenvalue weighted by Crippen LogP contribution is 2.30. The van der Waals surface area contributed by atoms with Crippen molar-refractivity contribution in [2.45, 2.75) is 13.0 Å². The van der Waals surface area contributed by atoms with E-state index in [9.17, 15) is 4.39 Å². The molecule has 0 aliphatic heterocycles. The van der Waals surface area contributed by atoms with E-state index >= 15 is 0 Å². The van der Waals surface area contributed by atoms with Crippen LogP contribution in [0.4, 0.5) is 4.39 Å². The smallest absolute Gasteiger partial charge is 0.131 e. The highest BCUT2D eigenvalue weighted by Gasteiger charge is 2.19. The quantitative estimate of drug-likeness (QED) is 0.784. The van der Waals surface area contributed by atoms with E-state index in [1.54, 1.807) is 19.2 Å². The topological polar surface area (TPSA) is 24.9 Å². The monoisotopic (exact) mass is 280 g/mol. The molecule has 2 nitrogen and oxygen atoms in total. The lowest BCUT2D eigenvalue weighted by molar-refractivity contribution is 0.570. The zero-order chi connectivity index (χ0) is 14.8. The molecule has 3 aromatic rings. The van der Waals surface area contributed by atoms with Crippen LogP contribution in [0.25, 0.3) is 10.9 Å². The molecule has 2 aromatic carbocycles. The number of pyridine rings is 1. The summed E-state index contributed by atoms with van der Waals surface area (Å²) in [6, 6.07) is 15.2. The van der Waals surface area contributed by atoms with E-state index in [0.29, 0.717) is 11.1 Å². The minimum absolute atomic E-state index is 0.155. The third-order valence-corrected chi connectivity index (χ3v) is 3.81. The number of hydrogen-bond donors (Lipinski definition) is 1. The first kappa shape index (κ1) is 13.7. The number of nitrogens with one attached hydrogen (secondary N) is 1. The van der Waals surface area contributed by atoms with Crippen molar-refractivity contribution < 1.29 is 4.39 Å². The summed E-state index contributed by atoms with van der Waals surface area (Å²) in [7, 11) is 1.85. The lowest BCUT2D eigenvalue weighted by Gasteiger charge is -2.20. The van der Waals surface area contributed by atoms with E-state index in [0.717, 1.165) is 16.5 Å². The summed E-state index contributed by atoms with van der Waals surface area (Å²) in [6.45, 7) is 1.79. The second-order valence-electron chi connectivity index (χ2n) is 5.12. The van der Waals surface area contributed by atoms with Crippen molar-refractivity contribution in [2.24, 2.45) is 0 Å². The van der Waals surface area contributed by atoms with Crippen LogP contribution in [0.3, 0.4) is 0 Å². The second kappa shape index (κ2) is 5.62. The summed E-state index contributed by atoms with van der Waals surface area (Å²) < 4.78 is 14.5. The molecule has 3 heteroatoms. The molecule has 0 spiro atoms. The van der Waals surface area contributed by atoms with Gasteiger partial charge in [0.1, 0.15) is 5.82 Å². The van der Waals surface area contributed by atoms with Crippen LogP contribution < -0.4 is 5.32 Å². The first-order valence-electron chi connectivity index (χ1n) is 6.98. The third-order valence-electron chi connectivity index (χ3n) is 3.81. The number of nitrogens with zero attached hydrogens (tertiary/aromatic N) is 1. The van der Waals surface area contributed by atoms with Crippen molar-refractivity contribution >= 4 is 10.9 Å². The molecule has 0 bridgehead atoms. The van der Waals surface area contributed by atoms with Crippen LogP contribution in [0.2, 0.25) is 0 Å². The number of fused-ring (bicyclic) bond motifs is 1. The molecule has 1 atom stereocenters. The van der Waals surface area contributed by atoms with Gasteiger partial charge >= 0.3 is 0 Å². The summed E-state index contributed by atoms with van der Waals surface area (Å²) >= 11 is 0. The fraction of sp³-hybridized carbons (Fsp3) is 0.167. The fourth-order valence-corrected chi connectivity index (χ4v) is 2.75. The van der Waals surface area contributed by atoms with Crippen LogP contribution in [0.1, 0.15) is 22.7 Å². The lowest BCUT2D eigenvalue weighted by atomic mass is 9.94. The van der Waals surface area contributed by atoms with Crippen LogP contribution in [-0.2, 0) is 0 Å². The van der Waals surface area contributed by atoms with Gasteiger partial charge in [-0.15, -0.1) is 0 Å². The molecule has 0 aliphatic carbocycles. The Morgan fingerprint density at radius 1 is 1.00 bits per heavy atom. The first-order chi connectivity index (χ1) is 10.2. The Morgan fingerprint density at radius 3 is 2.57 bits per heavy atom. The van der Waals surface area contributed by atoms with Gasteiger partial charge in [-0.3, -0.25) is 4.98 Å². The Balaban J connectivity index is 2.21. The van der Waals surface area contributed by atoms with Gasteiger partial charge in [-0.1, -0.05) is 36.4 Å².